The third-order valence-corrected chi connectivity index (χ3v) is 6.40. The number of urea groups is 1. The van der Waals surface area contributed by atoms with Gasteiger partial charge in [-0.05, 0) is 31.2 Å². The number of aromatic nitrogens is 1. The van der Waals surface area contributed by atoms with Crippen molar-refractivity contribution in [2.24, 2.45) is 5.92 Å². The highest BCUT2D eigenvalue weighted by Gasteiger charge is 2.44. The van der Waals surface area contributed by atoms with Gasteiger partial charge >= 0.3 is 12.0 Å². The third kappa shape index (κ3) is 3.24. The predicted molar refractivity (Wildman–Crippen MR) is 99.5 cm³/mol. The number of hydrogen-bond acceptors (Lipinski definition) is 4. The molecule has 0 unspecified atom stereocenters. The monoisotopic (exact) mass is 373 g/mol. The number of ether oxygens (including phenoxy) is 1. The summed E-state index contributed by atoms with van der Waals surface area (Å²) < 4.78 is 6.86. The van der Waals surface area contributed by atoms with Crippen molar-refractivity contribution in [2.75, 3.05) is 20.2 Å². The maximum Gasteiger partial charge on any atom is 0.331 e. The van der Waals surface area contributed by atoms with Crippen LogP contribution >= 0.6 is 0 Å². The molecule has 2 aliphatic heterocycles. The second kappa shape index (κ2) is 7.02. The first kappa shape index (κ1) is 18.1. The molecule has 2 atom stereocenters. The van der Waals surface area contributed by atoms with Crippen LogP contribution in [0.4, 0.5) is 4.79 Å². The van der Waals surface area contributed by atoms with E-state index in [1.54, 1.807) is 12.1 Å². The van der Waals surface area contributed by atoms with Gasteiger partial charge in [0, 0.05) is 37.3 Å². The topological polar surface area (TPSA) is 80.6 Å². The lowest BCUT2D eigenvalue weighted by molar-refractivity contribution is -0.149. The fraction of sp³-hybridized carbons (Fsp3) is 0.650. The van der Waals surface area contributed by atoms with E-state index in [9.17, 15) is 14.4 Å². The number of likely N-dealkylation sites (tertiary alicyclic amines) is 1. The van der Waals surface area contributed by atoms with Gasteiger partial charge in [-0.2, -0.15) is 0 Å². The van der Waals surface area contributed by atoms with Crippen molar-refractivity contribution in [3.63, 3.8) is 0 Å². The molecule has 146 valence electrons. The molecule has 0 aromatic carbocycles. The van der Waals surface area contributed by atoms with Gasteiger partial charge in [-0.3, -0.25) is 4.79 Å². The zero-order valence-corrected chi connectivity index (χ0v) is 15.8. The number of pyridine rings is 1. The smallest absolute Gasteiger partial charge is 0.331 e. The summed E-state index contributed by atoms with van der Waals surface area (Å²) >= 11 is 0. The van der Waals surface area contributed by atoms with E-state index in [0.717, 1.165) is 31.4 Å². The van der Waals surface area contributed by atoms with E-state index in [1.807, 2.05) is 15.5 Å². The molecule has 2 bridgehead atoms. The van der Waals surface area contributed by atoms with Crippen LogP contribution in [0.25, 0.3) is 0 Å². The van der Waals surface area contributed by atoms with E-state index in [4.69, 9.17) is 4.74 Å². The minimum absolute atomic E-state index is 0.0342. The van der Waals surface area contributed by atoms with Gasteiger partial charge in [0.15, 0.2) is 0 Å². The molecule has 1 saturated carbocycles. The number of carbonyl (C=O) groups excluding carboxylic acids is 2. The van der Waals surface area contributed by atoms with E-state index in [1.165, 1.54) is 7.11 Å². The summed E-state index contributed by atoms with van der Waals surface area (Å²) in [5, 5.41) is 3.02. The first-order valence-electron chi connectivity index (χ1n) is 9.88. The van der Waals surface area contributed by atoms with Crippen molar-refractivity contribution in [3.8, 4) is 0 Å². The predicted octanol–water partition coefficient (Wildman–Crippen LogP) is 1.85. The lowest BCUT2D eigenvalue weighted by Gasteiger charge is -2.44. The Labute approximate surface area is 158 Å². The van der Waals surface area contributed by atoms with Crippen molar-refractivity contribution in [3.05, 3.63) is 34.2 Å². The van der Waals surface area contributed by atoms with E-state index in [2.05, 4.69) is 5.32 Å². The molecule has 27 heavy (non-hydrogen) atoms. The van der Waals surface area contributed by atoms with Gasteiger partial charge in [0.05, 0.1) is 7.11 Å². The van der Waals surface area contributed by atoms with Crippen molar-refractivity contribution in [1.82, 2.24) is 14.8 Å². The highest BCUT2D eigenvalue weighted by molar-refractivity contribution is 5.87. The number of rotatable bonds is 2. The molecule has 1 aromatic rings. The molecule has 0 spiro atoms. The van der Waals surface area contributed by atoms with Crippen LogP contribution in [0.1, 0.15) is 50.1 Å². The number of methoxy groups -OCH3 is 1. The van der Waals surface area contributed by atoms with E-state index in [0.29, 0.717) is 32.5 Å². The minimum Gasteiger partial charge on any atom is -0.467 e. The van der Waals surface area contributed by atoms with Gasteiger partial charge in [0.25, 0.3) is 5.56 Å². The standard InChI is InChI=1S/C20H27N3O4/c1-27-18(25)20(8-3-2-4-9-20)21-19(26)22-11-14-10-15(13-22)16-6-5-7-17(24)23(16)12-14/h5-7,14-15H,2-4,8-13H2,1H3,(H,21,26)/t14-,15-/m0/s1. The maximum absolute atomic E-state index is 13.0. The molecule has 4 rings (SSSR count). The van der Waals surface area contributed by atoms with Crippen molar-refractivity contribution in [1.29, 1.82) is 0 Å². The Bertz CT molecular complexity index is 797. The van der Waals surface area contributed by atoms with Crippen LogP contribution in [-0.2, 0) is 16.1 Å². The van der Waals surface area contributed by atoms with Gasteiger partial charge in [0.2, 0.25) is 0 Å². The molecule has 1 aliphatic carbocycles. The molecular formula is C20H27N3O4. The second-order valence-corrected chi connectivity index (χ2v) is 8.17. The van der Waals surface area contributed by atoms with Crippen molar-refractivity contribution < 1.29 is 14.3 Å². The molecule has 0 radical (unpaired) electrons. The fourth-order valence-corrected chi connectivity index (χ4v) is 5.08. The number of hydrogen-bond donors (Lipinski definition) is 1. The first-order chi connectivity index (χ1) is 13.0. The number of amides is 2. The lowest BCUT2D eigenvalue weighted by atomic mass is 9.81. The van der Waals surface area contributed by atoms with Gasteiger partial charge in [0.1, 0.15) is 5.54 Å². The summed E-state index contributed by atoms with van der Waals surface area (Å²) in [6.45, 7) is 1.83. The molecule has 7 nitrogen and oxygen atoms in total. The molecule has 2 amide bonds. The Balaban J connectivity index is 1.52. The van der Waals surface area contributed by atoms with Gasteiger partial charge < -0.3 is 19.5 Å². The van der Waals surface area contributed by atoms with Crippen LogP contribution in [0.5, 0.6) is 0 Å². The summed E-state index contributed by atoms with van der Waals surface area (Å²) in [7, 11) is 1.38. The summed E-state index contributed by atoms with van der Waals surface area (Å²) in [6.07, 6.45) is 5.16. The zero-order valence-electron chi connectivity index (χ0n) is 15.8. The molecule has 1 saturated heterocycles. The van der Waals surface area contributed by atoms with Gasteiger partial charge in [-0.15, -0.1) is 0 Å². The number of carbonyl (C=O) groups is 2. The van der Waals surface area contributed by atoms with Crippen LogP contribution in [0.3, 0.4) is 0 Å². The molecule has 1 aromatic heterocycles. The largest absolute Gasteiger partial charge is 0.467 e. The van der Waals surface area contributed by atoms with Crippen LogP contribution < -0.4 is 10.9 Å². The number of esters is 1. The lowest BCUT2D eigenvalue weighted by Crippen LogP contribution is -2.61. The molecule has 7 heteroatoms. The van der Waals surface area contributed by atoms with Crippen molar-refractivity contribution in [2.45, 2.75) is 56.5 Å². The van der Waals surface area contributed by atoms with Crippen LogP contribution in [-0.4, -0.2) is 47.2 Å². The SMILES string of the molecule is COC(=O)C1(NC(=O)N2C[C@@H]3C[C@@H](C2)c2cccc(=O)n2C3)CCCCC1. The third-order valence-electron chi connectivity index (χ3n) is 6.40. The number of fused-ring (bicyclic) bond motifs is 4. The van der Waals surface area contributed by atoms with Gasteiger partial charge in [-0.1, -0.05) is 25.3 Å². The van der Waals surface area contributed by atoms with E-state index < -0.39 is 5.54 Å². The van der Waals surface area contributed by atoms with E-state index >= 15 is 0 Å². The Morgan fingerprint density at radius 1 is 1.15 bits per heavy atom. The highest BCUT2D eigenvalue weighted by atomic mass is 16.5. The quantitative estimate of drug-likeness (QED) is 0.803. The first-order valence-corrected chi connectivity index (χ1v) is 9.88. The summed E-state index contributed by atoms with van der Waals surface area (Å²) in [5.74, 6) is 0.0877. The number of nitrogens with one attached hydrogen (secondary N) is 1. The Morgan fingerprint density at radius 3 is 2.67 bits per heavy atom. The van der Waals surface area contributed by atoms with Crippen LogP contribution in [0, 0.1) is 5.92 Å². The van der Waals surface area contributed by atoms with Crippen LogP contribution in [0.2, 0.25) is 0 Å². The second-order valence-electron chi connectivity index (χ2n) is 8.17. The highest BCUT2D eigenvalue weighted by Crippen LogP contribution is 2.35. The van der Waals surface area contributed by atoms with Crippen molar-refractivity contribution >= 4 is 12.0 Å². The fourth-order valence-electron chi connectivity index (χ4n) is 5.08. The molecule has 3 aliphatic rings. The zero-order chi connectivity index (χ0) is 19.0. The number of piperidine rings is 1. The summed E-state index contributed by atoms with van der Waals surface area (Å²) in [5.41, 5.74) is 0.148. The molecule has 3 heterocycles. The maximum atomic E-state index is 13.0. The average Bonchev–Trinajstić information content (AvgIpc) is 2.68. The molecular weight excluding hydrogens is 346 g/mol. The molecule has 1 N–H and O–H groups in total. The Morgan fingerprint density at radius 2 is 1.93 bits per heavy atom. The summed E-state index contributed by atoms with van der Waals surface area (Å²) in [6, 6.07) is 5.18. The number of nitrogens with zero attached hydrogens (tertiary/aromatic N) is 2. The average molecular weight is 373 g/mol. The Kier molecular flexibility index (Phi) is 4.70. The normalized spacial score (nSPS) is 26.0. The van der Waals surface area contributed by atoms with Gasteiger partial charge in [-0.25, -0.2) is 9.59 Å². The van der Waals surface area contributed by atoms with E-state index in [-0.39, 0.29) is 29.4 Å². The minimum atomic E-state index is -0.897. The summed E-state index contributed by atoms with van der Waals surface area (Å²) in [4.78, 5) is 39.4. The van der Waals surface area contributed by atoms with Crippen LogP contribution in [0.15, 0.2) is 23.0 Å². The Hall–Kier alpha value is -2.31. The molecule has 2 fully saturated rings.